The van der Waals surface area contributed by atoms with E-state index in [-0.39, 0.29) is 6.10 Å². The Morgan fingerprint density at radius 1 is 1.75 bits per heavy atom. The number of thiophene rings is 1. The fourth-order valence-electron chi connectivity index (χ4n) is 1.22. The van der Waals surface area contributed by atoms with Crippen LogP contribution in [0.1, 0.15) is 4.88 Å². The van der Waals surface area contributed by atoms with Gasteiger partial charge in [0.15, 0.2) is 0 Å². The summed E-state index contributed by atoms with van der Waals surface area (Å²) in [6.07, 6.45) is -0.315. The molecule has 0 spiro atoms. The summed E-state index contributed by atoms with van der Waals surface area (Å²) in [6.45, 7) is 1.85. The Bertz CT molecular complexity index is 237. The van der Waals surface area contributed by atoms with Crippen LogP contribution in [0.25, 0.3) is 0 Å². The quantitative estimate of drug-likeness (QED) is 0.741. The van der Waals surface area contributed by atoms with Crippen LogP contribution in [-0.4, -0.2) is 29.4 Å². The molecule has 2 heterocycles. The normalized spacial score (nSPS) is 24.9. The number of β-amino-alcohol motifs (C(OH)–C–C–N with tert-alkyl or cyclic N) is 1. The third-order valence-electron chi connectivity index (χ3n) is 1.78. The zero-order chi connectivity index (χ0) is 8.39. The van der Waals surface area contributed by atoms with Crippen LogP contribution >= 0.6 is 11.3 Å². The second-order valence-corrected chi connectivity index (χ2v) is 3.88. The maximum Gasteiger partial charge on any atom is 0.0958 e. The number of hydrogen-bond donors (Lipinski definition) is 1. The van der Waals surface area contributed by atoms with Crippen molar-refractivity contribution in [3.63, 3.8) is 0 Å². The Kier molecular flexibility index (Phi) is 2.41. The highest BCUT2D eigenvalue weighted by Gasteiger charge is 2.21. The molecule has 1 aliphatic heterocycles. The summed E-state index contributed by atoms with van der Waals surface area (Å²) >= 11 is 1.71. The van der Waals surface area contributed by atoms with Crippen molar-refractivity contribution in [2.24, 2.45) is 0 Å². The Morgan fingerprint density at radius 3 is 3.25 bits per heavy atom. The molecule has 3 nitrogen and oxygen atoms in total. The molecule has 0 bridgehead atoms. The summed E-state index contributed by atoms with van der Waals surface area (Å²) in [4.78, 5) is 6.50. The first-order valence-corrected chi connectivity index (χ1v) is 4.81. The van der Waals surface area contributed by atoms with E-state index in [1.165, 1.54) is 4.88 Å². The van der Waals surface area contributed by atoms with Crippen LogP contribution in [0.15, 0.2) is 17.5 Å². The Labute approximate surface area is 75.1 Å². The SMILES string of the molecule is O[C@H]1CON(Cc2cccs2)C1. The lowest BCUT2D eigenvalue weighted by molar-refractivity contribution is -0.117. The van der Waals surface area contributed by atoms with Crippen molar-refractivity contribution in [2.45, 2.75) is 12.6 Å². The van der Waals surface area contributed by atoms with Gasteiger partial charge in [0.2, 0.25) is 0 Å². The molecule has 2 rings (SSSR count). The summed E-state index contributed by atoms with van der Waals surface area (Å²) in [6, 6.07) is 4.09. The molecule has 0 aliphatic carbocycles. The monoisotopic (exact) mass is 185 g/mol. The van der Waals surface area contributed by atoms with E-state index in [0.29, 0.717) is 13.2 Å². The minimum atomic E-state index is -0.315. The van der Waals surface area contributed by atoms with E-state index in [9.17, 15) is 0 Å². The number of nitrogens with zero attached hydrogens (tertiary/aromatic N) is 1. The molecule has 0 saturated carbocycles. The van der Waals surface area contributed by atoms with Crippen molar-refractivity contribution in [3.05, 3.63) is 22.4 Å². The van der Waals surface area contributed by atoms with Crippen molar-refractivity contribution in [3.8, 4) is 0 Å². The van der Waals surface area contributed by atoms with E-state index in [4.69, 9.17) is 9.94 Å². The van der Waals surface area contributed by atoms with E-state index in [1.807, 2.05) is 11.4 Å². The molecule has 0 radical (unpaired) electrons. The second kappa shape index (κ2) is 3.53. The standard InChI is InChI=1S/C8H11NO2S/c10-7-4-9(11-6-7)5-8-2-1-3-12-8/h1-3,7,10H,4-6H2/t7-/m1/s1. The maximum absolute atomic E-state index is 9.16. The van der Waals surface area contributed by atoms with Crippen molar-refractivity contribution in [2.75, 3.05) is 13.2 Å². The van der Waals surface area contributed by atoms with Crippen LogP contribution in [0.5, 0.6) is 0 Å². The third kappa shape index (κ3) is 1.84. The first kappa shape index (κ1) is 8.19. The molecule has 0 unspecified atom stereocenters. The van der Waals surface area contributed by atoms with E-state index < -0.39 is 0 Å². The molecule has 1 aliphatic rings. The second-order valence-electron chi connectivity index (χ2n) is 2.85. The summed E-state index contributed by atoms with van der Waals surface area (Å²) in [5.74, 6) is 0. The first-order chi connectivity index (χ1) is 5.84. The van der Waals surface area contributed by atoms with E-state index in [2.05, 4.69) is 6.07 Å². The molecule has 1 atom stereocenters. The molecule has 4 heteroatoms. The molecule has 0 aromatic carbocycles. The molecule has 66 valence electrons. The lowest BCUT2D eigenvalue weighted by Gasteiger charge is -2.11. The molecule has 1 fully saturated rings. The highest BCUT2D eigenvalue weighted by atomic mass is 32.1. The van der Waals surface area contributed by atoms with Crippen LogP contribution in [-0.2, 0) is 11.4 Å². The number of hydroxylamine groups is 2. The minimum Gasteiger partial charge on any atom is -0.389 e. The number of aliphatic hydroxyl groups is 1. The summed E-state index contributed by atoms with van der Waals surface area (Å²) in [7, 11) is 0. The predicted molar refractivity (Wildman–Crippen MR) is 46.7 cm³/mol. The fraction of sp³-hybridized carbons (Fsp3) is 0.500. The number of rotatable bonds is 2. The lowest BCUT2D eigenvalue weighted by atomic mass is 10.4. The zero-order valence-corrected chi connectivity index (χ0v) is 7.46. The van der Waals surface area contributed by atoms with Gasteiger partial charge in [0, 0.05) is 4.88 Å². The molecular formula is C8H11NO2S. The predicted octanol–water partition coefficient (Wildman–Crippen LogP) is 0.856. The van der Waals surface area contributed by atoms with Gasteiger partial charge in [-0.1, -0.05) is 6.07 Å². The van der Waals surface area contributed by atoms with Gasteiger partial charge in [-0.05, 0) is 11.4 Å². The Hall–Kier alpha value is -0.420. The molecule has 12 heavy (non-hydrogen) atoms. The fourth-order valence-corrected chi connectivity index (χ4v) is 1.93. The van der Waals surface area contributed by atoms with Gasteiger partial charge in [-0.3, -0.25) is 4.84 Å². The van der Waals surface area contributed by atoms with Crippen molar-refractivity contribution in [1.29, 1.82) is 0 Å². The van der Waals surface area contributed by atoms with E-state index >= 15 is 0 Å². The summed E-state index contributed by atoms with van der Waals surface area (Å²) < 4.78 is 0. The average molecular weight is 185 g/mol. The highest BCUT2D eigenvalue weighted by Crippen LogP contribution is 2.15. The van der Waals surface area contributed by atoms with Crippen LogP contribution < -0.4 is 0 Å². The van der Waals surface area contributed by atoms with Gasteiger partial charge in [-0.2, -0.15) is 5.06 Å². The molecule has 1 aromatic heterocycles. The highest BCUT2D eigenvalue weighted by molar-refractivity contribution is 7.09. The van der Waals surface area contributed by atoms with Gasteiger partial charge in [-0.15, -0.1) is 11.3 Å². The molecule has 1 N–H and O–H groups in total. The summed E-state index contributed by atoms with van der Waals surface area (Å²) in [5, 5.41) is 13.0. The van der Waals surface area contributed by atoms with Gasteiger partial charge < -0.3 is 5.11 Å². The topological polar surface area (TPSA) is 32.7 Å². The Morgan fingerprint density at radius 2 is 2.67 bits per heavy atom. The van der Waals surface area contributed by atoms with Crippen LogP contribution in [0.4, 0.5) is 0 Å². The van der Waals surface area contributed by atoms with Crippen LogP contribution in [0, 0.1) is 0 Å². The van der Waals surface area contributed by atoms with Crippen molar-refractivity contribution in [1.82, 2.24) is 5.06 Å². The van der Waals surface area contributed by atoms with Gasteiger partial charge in [0.05, 0.1) is 25.8 Å². The number of aliphatic hydroxyl groups excluding tert-OH is 1. The maximum atomic E-state index is 9.16. The zero-order valence-electron chi connectivity index (χ0n) is 6.64. The van der Waals surface area contributed by atoms with Crippen molar-refractivity contribution < 1.29 is 9.94 Å². The van der Waals surface area contributed by atoms with Crippen LogP contribution in [0.2, 0.25) is 0 Å². The van der Waals surface area contributed by atoms with Gasteiger partial charge in [0.25, 0.3) is 0 Å². The van der Waals surface area contributed by atoms with Crippen molar-refractivity contribution >= 4 is 11.3 Å². The van der Waals surface area contributed by atoms with Gasteiger partial charge in [0.1, 0.15) is 0 Å². The average Bonchev–Trinajstić information content (AvgIpc) is 2.63. The van der Waals surface area contributed by atoms with Gasteiger partial charge in [-0.25, -0.2) is 0 Å². The molecule has 1 saturated heterocycles. The first-order valence-electron chi connectivity index (χ1n) is 3.93. The largest absolute Gasteiger partial charge is 0.389 e. The number of hydrogen-bond acceptors (Lipinski definition) is 4. The molecular weight excluding hydrogens is 174 g/mol. The third-order valence-corrected chi connectivity index (χ3v) is 2.64. The van der Waals surface area contributed by atoms with E-state index in [1.54, 1.807) is 16.4 Å². The minimum absolute atomic E-state index is 0.315. The van der Waals surface area contributed by atoms with E-state index in [0.717, 1.165) is 6.54 Å². The van der Waals surface area contributed by atoms with Crippen LogP contribution in [0.3, 0.4) is 0 Å². The molecule has 1 aromatic rings. The van der Waals surface area contributed by atoms with Gasteiger partial charge >= 0.3 is 0 Å². The Balaban J connectivity index is 1.88. The summed E-state index contributed by atoms with van der Waals surface area (Å²) in [5.41, 5.74) is 0. The smallest absolute Gasteiger partial charge is 0.0958 e. The molecule has 0 amide bonds. The lowest BCUT2D eigenvalue weighted by Crippen LogP contribution is -2.19.